The SMILES string of the molecule is CNC(c1ccccn1)c1c(Br)nnn1C. The van der Waals surface area contributed by atoms with Gasteiger partial charge in [-0.25, -0.2) is 4.68 Å². The van der Waals surface area contributed by atoms with E-state index in [1.807, 2.05) is 32.3 Å². The molecule has 0 spiro atoms. The maximum Gasteiger partial charge on any atom is 0.153 e. The Kier molecular flexibility index (Phi) is 3.31. The Morgan fingerprint density at radius 2 is 2.25 bits per heavy atom. The zero-order valence-corrected chi connectivity index (χ0v) is 10.6. The van der Waals surface area contributed by atoms with E-state index in [4.69, 9.17) is 0 Å². The van der Waals surface area contributed by atoms with Crippen LogP contribution >= 0.6 is 15.9 Å². The highest BCUT2D eigenvalue weighted by Crippen LogP contribution is 2.24. The van der Waals surface area contributed by atoms with Crippen LogP contribution in [0.4, 0.5) is 0 Å². The van der Waals surface area contributed by atoms with Crippen molar-refractivity contribution in [3.05, 3.63) is 40.4 Å². The zero-order chi connectivity index (χ0) is 11.5. The van der Waals surface area contributed by atoms with Crippen molar-refractivity contribution in [3.63, 3.8) is 0 Å². The Hall–Kier alpha value is -1.27. The highest BCUT2D eigenvalue weighted by atomic mass is 79.9. The maximum absolute atomic E-state index is 4.34. The Bertz CT molecular complexity index is 448. The largest absolute Gasteiger partial charge is 0.307 e. The smallest absolute Gasteiger partial charge is 0.153 e. The van der Waals surface area contributed by atoms with Crippen LogP contribution in [0.2, 0.25) is 0 Å². The molecule has 2 aromatic rings. The summed E-state index contributed by atoms with van der Waals surface area (Å²) in [5.41, 5.74) is 1.90. The molecule has 0 fully saturated rings. The van der Waals surface area contributed by atoms with Crippen molar-refractivity contribution < 1.29 is 0 Å². The number of nitrogens with zero attached hydrogens (tertiary/aromatic N) is 4. The molecule has 0 amide bonds. The van der Waals surface area contributed by atoms with Gasteiger partial charge in [-0.3, -0.25) is 4.98 Å². The third kappa shape index (κ3) is 1.98. The maximum atomic E-state index is 4.34. The molecule has 2 rings (SSSR count). The van der Waals surface area contributed by atoms with Crippen LogP contribution in [0.15, 0.2) is 29.0 Å². The van der Waals surface area contributed by atoms with E-state index in [1.54, 1.807) is 10.9 Å². The average molecular weight is 282 g/mol. The molecule has 1 unspecified atom stereocenters. The van der Waals surface area contributed by atoms with Crippen molar-refractivity contribution in [2.75, 3.05) is 7.05 Å². The highest BCUT2D eigenvalue weighted by Gasteiger charge is 2.20. The first kappa shape index (κ1) is 11.2. The Morgan fingerprint density at radius 1 is 1.44 bits per heavy atom. The molecule has 0 aliphatic carbocycles. The fourth-order valence-electron chi connectivity index (χ4n) is 1.62. The predicted molar refractivity (Wildman–Crippen MR) is 63.8 cm³/mol. The van der Waals surface area contributed by atoms with Gasteiger partial charge >= 0.3 is 0 Å². The van der Waals surface area contributed by atoms with Gasteiger partial charge < -0.3 is 5.32 Å². The Morgan fingerprint density at radius 3 is 2.75 bits per heavy atom. The Labute approximate surface area is 102 Å². The van der Waals surface area contributed by atoms with Gasteiger partial charge in [-0.05, 0) is 35.1 Å². The van der Waals surface area contributed by atoms with E-state index in [9.17, 15) is 0 Å². The van der Waals surface area contributed by atoms with Crippen molar-refractivity contribution in [1.29, 1.82) is 0 Å². The van der Waals surface area contributed by atoms with Crippen LogP contribution in [-0.4, -0.2) is 27.0 Å². The first-order valence-corrected chi connectivity index (χ1v) is 5.66. The van der Waals surface area contributed by atoms with Gasteiger partial charge in [-0.1, -0.05) is 11.3 Å². The molecule has 16 heavy (non-hydrogen) atoms. The summed E-state index contributed by atoms with van der Waals surface area (Å²) in [6, 6.07) is 5.81. The molecule has 0 aromatic carbocycles. The molecule has 1 atom stereocenters. The van der Waals surface area contributed by atoms with Gasteiger partial charge in [-0.2, -0.15) is 0 Å². The summed E-state index contributed by atoms with van der Waals surface area (Å²) >= 11 is 3.39. The standard InChI is InChI=1S/C10H12BrN5/c1-12-8(7-5-3-4-6-13-7)9-10(11)14-15-16(9)2/h3-6,8,12H,1-2H3. The summed E-state index contributed by atoms with van der Waals surface area (Å²) in [4.78, 5) is 4.34. The second kappa shape index (κ2) is 4.71. The molecule has 0 bridgehead atoms. The van der Waals surface area contributed by atoms with Crippen LogP contribution in [-0.2, 0) is 7.05 Å². The molecule has 2 aromatic heterocycles. The minimum atomic E-state index is -0.0180. The molecule has 0 saturated carbocycles. The Balaban J connectivity index is 2.45. The number of nitrogens with one attached hydrogen (secondary N) is 1. The molecule has 0 aliphatic heterocycles. The van der Waals surface area contributed by atoms with E-state index in [1.165, 1.54) is 0 Å². The van der Waals surface area contributed by atoms with Crippen LogP contribution in [0.25, 0.3) is 0 Å². The lowest BCUT2D eigenvalue weighted by Gasteiger charge is -2.15. The van der Waals surface area contributed by atoms with Gasteiger partial charge in [0.15, 0.2) is 4.60 Å². The predicted octanol–water partition coefficient (Wildman–Crippen LogP) is 1.28. The van der Waals surface area contributed by atoms with Gasteiger partial charge in [0.05, 0.1) is 17.4 Å². The van der Waals surface area contributed by atoms with E-state index in [2.05, 4.69) is 36.5 Å². The highest BCUT2D eigenvalue weighted by molar-refractivity contribution is 9.10. The lowest BCUT2D eigenvalue weighted by molar-refractivity contribution is 0.586. The van der Waals surface area contributed by atoms with Gasteiger partial charge in [0.2, 0.25) is 0 Å². The second-order valence-electron chi connectivity index (χ2n) is 3.37. The number of rotatable bonds is 3. The van der Waals surface area contributed by atoms with E-state index >= 15 is 0 Å². The fraction of sp³-hybridized carbons (Fsp3) is 0.300. The third-order valence-electron chi connectivity index (χ3n) is 2.37. The van der Waals surface area contributed by atoms with Crippen LogP contribution in [0.5, 0.6) is 0 Å². The fourth-order valence-corrected chi connectivity index (χ4v) is 2.17. The molecule has 5 nitrogen and oxygen atoms in total. The lowest BCUT2D eigenvalue weighted by Crippen LogP contribution is -2.22. The molecule has 84 valence electrons. The minimum Gasteiger partial charge on any atom is -0.307 e. The van der Waals surface area contributed by atoms with Crippen LogP contribution in [0, 0.1) is 0 Å². The van der Waals surface area contributed by atoms with Crippen LogP contribution in [0.3, 0.4) is 0 Å². The van der Waals surface area contributed by atoms with Gasteiger partial charge in [0.1, 0.15) is 0 Å². The summed E-state index contributed by atoms with van der Waals surface area (Å²) in [6.45, 7) is 0. The summed E-state index contributed by atoms with van der Waals surface area (Å²) in [7, 11) is 3.75. The van der Waals surface area contributed by atoms with Crippen LogP contribution in [0.1, 0.15) is 17.4 Å². The summed E-state index contributed by atoms with van der Waals surface area (Å²) in [5, 5.41) is 11.1. The zero-order valence-electron chi connectivity index (χ0n) is 9.05. The monoisotopic (exact) mass is 281 g/mol. The van der Waals surface area contributed by atoms with E-state index in [0.717, 1.165) is 16.0 Å². The summed E-state index contributed by atoms with van der Waals surface area (Å²) < 4.78 is 2.47. The van der Waals surface area contributed by atoms with Crippen LogP contribution < -0.4 is 5.32 Å². The topological polar surface area (TPSA) is 55.6 Å². The van der Waals surface area contributed by atoms with Crippen molar-refractivity contribution in [2.24, 2.45) is 7.05 Å². The molecule has 2 heterocycles. The van der Waals surface area contributed by atoms with Crippen molar-refractivity contribution in [3.8, 4) is 0 Å². The molecular weight excluding hydrogens is 270 g/mol. The molecule has 0 aliphatic rings. The lowest BCUT2D eigenvalue weighted by atomic mass is 10.1. The average Bonchev–Trinajstić information content (AvgIpc) is 2.63. The van der Waals surface area contributed by atoms with Gasteiger partial charge in [-0.15, -0.1) is 5.10 Å². The number of hydrogen-bond acceptors (Lipinski definition) is 4. The van der Waals surface area contributed by atoms with Gasteiger partial charge in [0.25, 0.3) is 0 Å². The molecular formula is C10H12BrN5. The van der Waals surface area contributed by atoms with Crippen molar-refractivity contribution >= 4 is 15.9 Å². The second-order valence-corrected chi connectivity index (χ2v) is 4.12. The summed E-state index contributed by atoms with van der Waals surface area (Å²) in [5.74, 6) is 0. The number of hydrogen-bond donors (Lipinski definition) is 1. The van der Waals surface area contributed by atoms with Crippen molar-refractivity contribution in [2.45, 2.75) is 6.04 Å². The van der Waals surface area contributed by atoms with E-state index in [0.29, 0.717) is 0 Å². The van der Waals surface area contributed by atoms with Crippen molar-refractivity contribution in [1.82, 2.24) is 25.3 Å². The minimum absolute atomic E-state index is 0.0180. The van der Waals surface area contributed by atoms with E-state index in [-0.39, 0.29) is 6.04 Å². The van der Waals surface area contributed by atoms with Gasteiger partial charge in [0, 0.05) is 13.2 Å². The van der Waals surface area contributed by atoms with E-state index < -0.39 is 0 Å². The molecule has 1 N–H and O–H groups in total. The summed E-state index contributed by atoms with van der Waals surface area (Å²) in [6.07, 6.45) is 1.78. The first-order chi connectivity index (χ1) is 7.74. The number of halogens is 1. The number of aryl methyl sites for hydroxylation is 1. The first-order valence-electron chi connectivity index (χ1n) is 4.87. The molecule has 6 heteroatoms. The third-order valence-corrected chi connectivity index (χ3v) is 2.94. The quantitative estimate of drug-likeness (QED) is 0.921. The molecule has 0 radical (unpaired) electrons. The number of aromatic nitrogens is 4. The normalized spacial score (nSPS) is 12.7. The molecule has 0 saturated heterocycles. The number of pyridine rings is 1.